The Labute approximate surface area is 128 Å². The molecule has 1 aromatic rings. The monoisotopic (exact) mass is 307 g/mol. The summed E-state index contributed by atoms with van der Waals surface area (Å²) < 4.78 is 23.6. The van der Waals surface area contributed by atoms with Crippen molar-refractivity contribution in [2.24, 2.45) is 0 Å². The molecule has 21 heavy (non-hydrogen) atoms. The van der Waals surface area contributed by atoms with E-state index in [-0.39, 0.29) is 5.25 Å². The van der Waals surface area contributed by atoms with E-state index in [0.717, 1.165) is 32.1 Å². The molecule has 0 aliphatic heterocycles. The third kappa shape index (κ3) is 3.49. The van der Waals surface area contributed by atoms with Crippen molar-refractivity contribution in [1.29, 1.82) is 0 Å². The Hall–Kier alpha value is -0.870. The van der Waals surface area contributed by atoms with Gasteiger partial charge in [-0.1, -0.05) is 30.7 Å². The summed E-state index contributed by atoms with van der Waals surface area (Å²) in [6.07, 6.45) is 8.67. The SMILES string of the molecule is CS(=O)(=O)C1CCCC(NC2CCCc3ccccc32)C1. The van der Waals surface area contributed by atoms with Gasteiger partial charge in [0.1, 0.15) is 9.84 Å². The lowest BCUT2D eigenvalue weighted by atomic mass is 9.86. The Morgan fingerprint density at radius 3 is 2.71 bits per heavy atom. The van der Waals surface area contributed by atoms with Crippen LogP contribution in [0.4, 0.5) is 0 Å². The van der Waals surface area contributed by atoms with Crippen molar-refractivity contribution in [3.63, 3.8) is 0 Å². The lowest BCUT2D eigenvalue weighted by Gasteiger charge is -2.34. The Kier molecular flexibility index (Phi) is 4.36. The highest BCUT2D eigenvalue weighted by atomic mass is 32.2. The number of hydrogen-bond acceptors (Lipinski definition) is 3. The van der Waals surface area contributed by atoms with Gasteiger partial charge in [-0.15, -0.1) is 0 Å². The van der Waals surface area contributed by atoms with Gasteiger partial charge >= 0.3 is 0 Å². The average molecular weight is 307 g/mol. The molecular formula is C17H25NO2S. The zero-order valence-electron chi connectivity index (χ0n) is 12.7. The largest absolute Gasteiger partial charge is 0.307 e. The summed E-state index contributed by atoms with van der Waals surface area (Å²) in [5.41, 5.74) is 2.88. The van der Waals surface area contributed by atoms with Crippen LogP contribution in [0.3, 0.4) is 0 Å². The van der Waals surface area contributed by atoms with Crippen LogP contribution in [-0.2, 0) is 16.3 Å². The highest BCUT2D eigenvalue weighted by Gasteiger charge is 2.31. The highest BCUT2D eigenvalue weighted by molar-refractivity contribution is 7.91. The summed E-state index contributed by atoms with van der Waals surface area (Å²) in [7, 11) is -2.90. The summed E-state index contributed by atoms with van der Waals surface area (Å²) in [5, 5.41) is 3.60. The molecule has 2 aliphatic rings. The highest BCUT2D eigenvalue weighted by Crippen LogP contribution is 2.32. The molecule has 4 heteroatoms. The third-order valence-corrected chi connectivity index (χ3v) is 6.68. The minimum atomic E-state index is -2.90. The predicted molar refractivity (Wildman–Crippen MR) is 86.1 cm³/mol. The lowest BCUT2D eigenvalue weighted by molar-refractivity contribution is 0.321. The van der Waals surface area contributed by atoms with E-state index in [2.05, 4.69) is 29.6 Å². The molecule has 3 nitrogen and oxygen atoms in total. The van der Waals surface area contributed by atoms with E-state index in [1.165, 1.54) is 30.2 Å². The van der Waals surface area contributed by atoms with Gasteiger partial charge in [0, 0.05) is 18.3 Å². The number of benzene rings is 1. The second kappa shape index (κ2) is 6.09. The summed E-state index contributed by atoms with van der Waals surface area (Å²) in [6, 6.07) is 9.42. The van der Waals surface area contributed by atoms with Gasteiger partial charge in [-0.2, -0.15) is 0 Å². The van der Waals surface area contributed by atoms with Gasteiger partial charge in [0.2, 0.25) is 0 Å². The van der Waals surface area contributed by atoms with Gasteiger partial charge < -0.3 is 5.32 Å². The zero-order chi connectivity index (χ0) is 14.9. The van der Waals surface area contributed by atoms with E-state index in [9.17, 15) is 8.42 Å². The fraction of sp³-hybridized carbons (Fsp3) is 0.647. The predicted octanol–water partition coefficient (Wildman–Crippen LogP) is 3.01. The molecule has 3 rings (SSSR count). The van der Waals surface area contributed by atoms with Crippen molar-refractivity contribution in [2.45, 2.75) is 62.3 Å². The molecule has 0 saturated heterocycles. The Bertz CT molecular complexity index is 597. The molecule has 0 heterocycles. The maximum atomic E-state index is 11.8. The van der Waals surface area contributed by atoms with Crippen LogP contribution in [0.5, 0.6) is 0 Å². The van der Waals surface area contributed by atoms with Crippen molar-refractivity contribution in [1.82, 2.24) is 5.32 Å². The number of nitrogens with one attached hydrogen (secondary N) is 1. The maximum absolute atomic E-state index is 11.8. The first-order valence-corrected chi connectivity index (χ1v) is 10.0. The van der Waals surface area contributed by atoms with Gasteiger partial charge in [-0.3, -0.25) is 0 Å². The van der Waals surface area contributed by atoms with Crippen LogP contribution >= 0.6 is 0 Å². The van der Waals surface area contributed by atoms with E-state index in [1.807, 2.05) is 0 Å². The first-order valence-electron chi connectivity index (χ1n) is 8.07. The second-order valence-electron chi connectivity index (χ2n) is 6.63. The topological polar surface area (TPSA) is 46.2 Å². The van der Waals surface area contributed by atoms with Crippen molar-refractivity contribution >= 4 is 9.84 Å². The molecule has 0 bridgehead atoms. The molecule has 116 valence electrons. The Balaban J connectivity index is 1.70. The Morgan fingerprint density at radius 1 is 1.10 bits per heavy atom. The molecule has 0 amide bonds. The lowest BCUT2D eigenvalue weighted by Crippen LogP contribution is -2.41. The van der Waals surface area contributed by atoms with E-state index >= 15 is 0 Å². The van der Waals surface area contributed by atoms with Crippen LogP contribution in [0.25, 0.3) is 0 Å². The number of fused-ring (bicyclic) bond motifs is 1. The van der Waals surface area contributed by atoms with Crippen LogP contribution in [0.2, 0.25) is 0 Å². The quantitative estimate of drug-likeness (QED) is 0.933. The molecule has 2 aliphatic carbocycles. The number of sulfone groups is 1. The smallest absolute Gasteiger partial charge is 0.150 e. The minimum Gasteiger partial charge on any atom is -0.307 e. The van der Waals surface area contributed by atoms with Crippen LogP contribution in [0.1, 0.15) is 55.7 Å². The van der Waals surface area contributed by atoms with Crippen LogP contribution in [-0.4, -0.2) is 26.0 Å². The van der Waals surface area contributed by atoms with Crippen LogP contribution < -0.4 is 5.32 Å². The maximum Gasteiger partial charge on any atom is 0.150 e. The van der Waals surface area contributed by atoms with E-state index in [0.29, 0.717) is 12.1 Å². The van der Waals surface area contributed by atoms with Gasteiger partial charge in [0.15, 0.2) is 0 Å². The number of aryl methyl sites for hydroxylation is 1. The molecule has 0 radical (unpaired) electrons. The number of hydrogen-bond donors (Lipinski definition) is 1. The summed E-state index contributed by atoms with van der Waals surface area (Å²) in [6.45, 7) is 0. The standard InChI is InChI=1S/C17H25NO2S/c1-21(19,20)15-9-5-8-14(12-15)18-17-11-4-7-13-6-2-3-10-16(13)17/h2-3,6,10,14-15,17-18H,4-5,7-9,11-12H2,1H3. The van der Waals surface area contributed by atoms with Gasteiger partial charge in [0.25, 0.3) is 0 Å². The molecule has 1 saturated carbocycles. The molecule has 3 atom stereocenters. The normalized spacial score (nSPS) is 29.9. The summed E-state index contributed by atoms with van der Waals surface area (Å²) in [5.74, 6) is 0. The summed E-state index contributed by atoms with van der Waals surface area (Å²) in [4.78, 5) is 0. The van der Waals surface area contributed by atoms with Gasteiger partial charge in [0.05, 0.1) is 5.25 Å². The molecule has 1 aromatic carbocycles. The van der Waals surface area contributed by atoms with Crippen molar-refractivity contribution in [2.75, 3.05) is 6.26 Å². The molecule has 0 aromatic heterocycles. The second-order valence-corrected chi connectivity index (χ2v) is 8.95. The van der Waals surface area contributed by atoms with Gasteiger partial charge in [-0.25, -0.2) is 8.42 Å². The van der Waals surface area contributed by atoms with Crippen LogP contribution in [0.15, 0.2) is 24.3 Å². The van der Waals surface area contributed by atoms with E-state index in [4.69, 9.17) is 0 Å². The molecular weight excluding hydrogens is 282 g/mol. The zero-order valence-corrected chi connectivity index (χ0v) is 13.5. The third-order valence-electron chi connectivity index (χ3n) is 5.04. The van der Waals surface area contributed by atoms with Crippen molar-refractivity contribution in [3.8, 4) is 0 Å². The van der Waals surface area contributed by atoms with Gasteiger partial charge in [-0.05, 0) is 49.7 Å². The van der Waals surface area contributed by atoms with E-state index < -0.39 is 9.84 Å². The fourth-order valence-electron chi connectivity index (χ4n) is 3.90. The van der Waals surface area contributed by atoms with Crippen molar-refractivity contribution < 1.29 is 8.42 Å². The summed E-state index contributed by atoms with van der Waals surface area (Å²) >= 11 is 0. The minimum absolute atomic E-state index is 0.150. The fourth-order valence-corrected chi connectivity index (χ4v) is 5.07. The molecule has 3 unspecified atom stereocenters. The average Bonchev–Trinajstić information content (AvgIpc) is 2.47. The molecule has 1 fully saturated rings. The molecule has 0 spiro atoms. The van der Waals surface area contributed by atoms with E-state index in [1.54, 1.807) is 0 Å². The van der Waals surface area contributed by atoms with Crippen LogP contribution in [0, 0.1) is 0 Å². The number of rotatable bonds is 3. The first-order chi connectivity index (χ1) is 10.0. The Morgan fingerprint density at radius 2 is 1.90 bits per heavy atom. The molecule has 1 N–H and O–H groups in total. The van der Waals surface area contributed by atoms with Crippen molar-refractivity contribution in [3.05, 3.63) is 35.4 Å². The first kappa shape index (κ1) is 15.0.